The number of hydrogen-bond acceptors (Lipinski definition) is 2. The Kier molecular flexibility index (Phi) is 2.75. The van der Waals surface area contributed by atoms with Crippen LogP contribution in [0.15, 0.2) is 36.7 Å². The molecule has 2 aromatic rings. The van der Waals surface area contributed by atoms with E-state index in [1.807, 2.05) is 46.0 Å². The summed E-state index contributed by atoms with van der Waals surface area (Å²) in [5, 5.41) is 17.5. The van der Waals surface area contributed by atoms with Gasteiger partial charge in [-0.1, -0.05) is 0 Å². The smallest absolute Gasteiger partial charge is 0.0774 e. The monoisotopic (exact) mass is 210 g/mol. The molecule has 0 aliphatic heterocycles. The summed E-state index contributed by atoms with van der Waals surface area (Å²) in [7, 11) is 0. The zero-order valence-corrected chi connectivity index (χ0v) is 8.67. The quantitative estimate of drug-likeness (QED) is 0.774. The van der Waals surface area contributed by atoms with Crippen LogP contribution in [0.4, 0.5) is 0 Å². The third-order valence-corrected chi connectivity index (χ3v) is 2.35. The summed E-state index contributed by atoms with van der Waals surface area (Å²) in [5.41, 5.74) is 1.79. The molecule has 0 radical (unpaired) electrons. The van der Waals surface area contributed by atoms with Gasteiger partial charge >= 0.3 is 0 Å². The number of nitriles is 2. The van der Waals surface area contributed by atoms with Crippen LogP contribution in [-0.2, 0) is 12.8 Å². The van der Waals surface area contributed by atoms with Gasteiger partial charge in [0.2, 0.25) is 0 Å². The maximum atomic E-state index is 8.74. The molecule has 0 saturated heterocycles. The van der Waals surface area contributed by atoms with Crippen LogP contribution in [0.1, 0.15) is 11.4 Å². The Morgan fingerprint density at radius 3 is 1.88 bits per heavy atom. The molecule has 0 amide bonds. The maximum Gasteiger partial charge on any atom is 0.0774 e. The van der Waals surface area contributed by atoms with Crippen LogP contribution < -0.4 is 0 Å². The van der Waals surface area contributed by atoms with Crippen molar-refractivity contribution in [3.8, 4) is 12.1 Å². The number of nitrogens with zero attached hydrogens (tertiary/aromatic N) is 4. The van der Waals surface area contributed by atoms with E-state index in [4.69, 9.17) is 10.5 Å². The fraction of sp³-hybridized carbons (Fsp3) is 0.167. The van der Waals surface area contributed by atoms with Crippen LogP contribution >= 0.6 is 0 Å². The van der Waals surface area contributed by atoms with E-state index in [1.54, 1.807) is 0 Å². The summed E-state index contributed by atoms with van der Waals surface area (Å²) in [6.45, 7) is 0. The highest BCUT2D eigenvalue weighted by molar-refractivity contribution is 5.22. The third kappa shape index (κ3) is 1.69. The predicted molar refractivity (Wildman–Crippen MR) is 58.3 cm³/mol. The van der Waals surface area contributed by atoms with E-state index < -0.39 is 0 Å². The first-order valence-corrected chi connectivity index (χ1v) is 4.94. The van der Waals surface area contributed by atoms with Gasteiger partial charge in [0.25, 0.3) is 0 Å². The van der Waals surface area contributed by atoms with Crippen LogP contribution in [0.5, 0.6) is 0 Å². The molecule has 2 heterocycles. The Morgan fingerprint density at radius 1 is 0.938 bits per heavy atom. The summed E-state index contributed by atoms with van der Waals surface area (Å²) in [5.74, 6) is 0. The Bertz CT molecular complexity index is 515. The van der Waals surface area contributed by atoms with Gasteiger partial charge in [-0.3, -0.25) is 9.35 Å². The molecular weight excluding hydrogens is 200 g/mol. The minimum atomic E-state index is 0.337. The molecule has 0 atom stereocenters. The van der Waals surface area contributed by atoms with Crippen LogP contribution in [0, 0.1) is 22.7 Å². The van der Waals surface area contributed by atoms with Gasteiger partial charge in [-0.15, -0.1) is 0 Å². The summed E-state index contributed by atoms with van der Waals surface area (Å²) in [6.07, 6.45) is 4.46. The molecule has 0 aromatic carbocycles. The van der Waals surface area contributed by atoms with Crippen molar-refractivity contribution in [2.75, 3.05) is 0 Å². The molecule has 2 aromatic heterocycles. The zero-order chi connectivity index (χ0) is 11.4. The standard InChI is InChI=1S/C12H10N4/c13-7-5-11-3-4-12(6-8-14)16(11)15-9-1-2-10-15/h1-4,9-10H,5-6H2. The van der Waals surface area contributed by atoms with Crippen molar-refractivity contribution in [2.45, 2.75) is 12.8 Å². The first-order chi connectivity index (χ1) is 7.86. The number of aromatic nitrogens is 2. The second-order valence-electron chi connectivity index (χ2n) is 3.36. The van der Waals surface area contributed by atoms with E-state index in [1.165, 1.54) is 0 Å². The van der Waals surface area contributed by atoms with Crippen LogP contribution in [0.2, 0.25) is 0 Å². The predicted octanol–water partition coefficient (Wildman–Crippen LogP) is 1.73. The van der Waals surface area contributed by atoms with E-state index >= 15 is 0 Å². The molecule has 0 saturated carbocycles. The van der Waals surface area contributed by atoms with Gasteiger partial charge in [-0.2, -0.15) is 10.5 Å². The van der Waals surface area contributed by atoms with Crippen LogP contribution in [0.25, 0.3) is 0 Å². The van der Waals surface area contributed by atoms with Crippen LogP contribution in [0.3, 0.4) is 0 Å². The molecule has 0 N–H and O–H groups in total. The SMILES string of the molecule is N#CCc1ccc(CC#N)n1-n1cccc1. The van der Waals surface area contributed by atoms with E-state index in [2.05, 4.69) is 12.1 Å². The lowest BCUT2D eigenvalue weighted by Crippen LogP contribution is -2.13. The average molecular weight is 210 g/mol. The van der Waals surface area contributed by atoms with Gasteiger partial charge in [-0.25, -0.2) is 0 Å². The molecule has 0 aliphatic rings. The van der Waals surface area contributed by atoms with E-state index in [-0.39, 0.29) is 0 Å². The summed E-state index contributed by atoms with van der Waals surface area (Å²) in [6, 6.07) is 11.8. The van der Waals surface area contributed by atoms with Crippen molar-refractivity contribution in [2.24, 2.45) is 0 Å². The van der Waals surface area contributed by atoms with Gasteiger partial charge < -0.3 is 0 Å². The van der Waals surface area contributed by atoms with Crippen molar-refractivity contribution >= 4 is 0 Å². The van der Waals surface area contributed by atoms with E-state index in [0.29, 0.717) is 12.8 Å². The molecule has 78 valence electrons. The highest BCUT2D eigenvalue weighted by atomic mass is 15.5. The molecule has 0 unspecified atom stereocenters. The van der Waals surface area contributed by atoms with Gasteiger partial charge in [0.1, 0.15) is 0 Å². The normalized spacial score (nSPS) is 9.62. The lowest BCUT2D eigenvalue weighted by molar-refractivity contribution is 0.615. The third-order valence-electron chi connectivity index (χ3n) is 2.35. The Hall–Kier alpha value is -2.46. The second-order valence-corrected chi connectivity index (χ2v) is 3.36. The molecule has 0 bridgehead atoms. The highest BCUT2D eigenvalue weighted by Crippen LogP contribution is 2.11. The molecule has 16 heavy (non-hydrogen) atoms. The fourth-order valence-electron chi connectivity index (χ4n) is 1.70. The van der Waals surface area contributed by atoms with Crippen LogP contribution in [-0.4, -0.2) is 9.35 Å². The maximum absolute atomic E-state index is 8.74. The Morgan fingerprint density at radius 2 is 1.44 bits per heavy atom. The molecule has 4 heteroatoms. The van der Waals surface area contributed by atoms with Gasteiger partial charge in [0.05, 0.1) is 36.4 Å². The highest BCUT2D eigenvalue weighted by Gasteiger charge is 2.08. The van der Waals surface area contributed by atoms with Gasteiger partial charge in [0, 0.05) is 12.4 Å². The molecule has 0 fully saturated rings. The second kappa shape index (κ2) is 4.37. The van der Waals surface area contributed by atoms with E-state index in [9.17, 15) is 0 Å². The fourth-order valence-corrected chi connectivity index (χ4v) is 1.70. The number of rotatable bonds is 3. The van der Waals surface area contributed by atoms with Crippen molar-refractivity contribution < 1.29 is 0 Å². The molecular formula is C12H10N4. The van der Waals surface area contributed by atoms with Crippen molar-refractivity contribution in [3.05, 3.63) is 48.0 Å². The minimum absolute atomic E-state index is 0.337. The van der Waals surface area contributed by atoms with Crippen molar-refractivity contribution in [1.82, 2.24) is 9.35 Å². The van der Waals surface area contributed by atoms with Crippen molar-refractivity contribution in [1.29, 1.82) is 10.5 Å². The molecule has 4 nitrogen and oxygen atoms in total. The Labute approximate surface area is 93.5 Å². The Balaban J connectivity index is 2.51. The first-order valence-electron chi connectivity index (χ1n) is 4.94. The van der Waals surface area contributed by atoms with E-state index in [0.717, 1.165) is 11.4 Å². The van der Waals surface area contributed by atoms with Crippen molar-refractivity contribution in [3.63, 3.8) is 0 Å². The minimum Gasteiger partial charge on any atom is -0.264 e. The molecule has 2 rings (SSSR count). The lowest BCUT2D eigenvalue weighted by Gasteiger charge is -2.11. The van der Waals surface area contributed by atoms with Gasteiger partial charge in [-0.05, 0) is 24.3 Å². The first kappa shape index (κ1) is 10.1. The average Bonchev–Trinajstić information content (AvgIpc) is 2.88. The summed E-state index contributed by atoms with van der Waals surface area (Å²) >= 11 is 0. The lowest BCUT2D eigenvalue weighted by atomic mass is 10.3. The molecule has 0 aliphatic carbocycles. The topological polar surface area (TPSA) is 57.4 Å². The van der Waals surface area contributed by atoms with Gasteiger partial charge in [0.15, 0.2) is 0 Å². The summed E-state index contributed by atoms with van der Waals surface area (Å²) in [4.78, 5) is 0. The summed E-state index contributed by atoms with van der Waals surface area (Å²) < 4.78 is 3.77. The largest absolute Gasteiger partial charge is 0.264 e. The number of hydrogen-bond donors (Lipinski definition) is 0. The molecule has 0 spiro atoms. The zero-order valence-electron chi connectivity index (χ0n) is 8.67.